The quantitative estimate of drug-likeness (QED) is 0.440. The molecule has 172 valence electrons. The Bertz CT molecular complexity index is 1110. The van der Waals surface area contributed by atoms with E-state index < -0.39 is 17.7 Å². The van der Waals surface area contributed by atoms with Crippen LogP contribution in [0.2, 0.25) is 0 Å². The molecule has 0 bridgehead atoms. The van der Waals surface area contributed by atoms with E-state index in [4.69, 9.17) is 13.9 Å². The molecule has 4 rings (SSSR count). The van der Waals surface area contributed by atoms with Crippen LogP contribution in [0.25, 0.3) is 11.1 Å². The predicted octanol–water partition coefficient (Wildman–Crippen LogP) is 5.08. The van der Waals surface area contributed by atoms with Crippen molar-refractivity contribution in [1.82, 2.24) is 4.98 Å². The summed E-state index contributed by atoms with van der Waals surface area (Å²) >= 11 is 0. The van der Waals surface area contributed by atoms with Crippen molar-refractivity contribution < 1.29 is 23.8 Å². The number of aliphatic imine (C=N–C) groups is 1. The zero-order valence-electron chi connectivity index (χ0n) is 18.8. The number of carboxylic acids is 1. The van der Waals surface area contributed by atoms with Gasteiger partial charge in [0, 0.05) is 12.8 Å². The number of benzene rings is 2. The zero-order valence-corrected chi connectivity index (χ0v) is 18.8. The molecule has 7 heteroatoms. The molecule has 3 atom stereocenters. The maximum absolute atomic E-state index is 13.0. The van der Waals surface area contributed by atoms with Gasteiger partial charge in [-0.05, 0) is 43.5 Å². The molecular formula is C26H28N2O5. The number of allylic oxidation sites excluding steroid dienone is 1. The molecule has 0 amide bonds. The van der Waals surface area contributed by atoms with E-state index in [1.807, 2.05) is 68.5 Å². The molecule has 2 heterocycles. The molecule has 3 aromatic rings. The lowest BCUT2D eigenvalue weighted by atomic mass is 9.89. The van der Waals surface area contributed by atoms with Crippen molar-refractivity contribution >= 4 is 23.3 Å². The van der Waals surface area contributed by atoms with Gasteiger partial charge in [0.1, 0.15) is 11.6 Å². The lowest BCUT2D eigenvalue weighted by molar-refractivity contribution is -0.201. The SMILES string of the molecule is CCCOC(C(=O)O)(c1nc2ccccc2o1)C(OCCC1(C)C=CC=N1)c1ccccc1. The van der Waals surface area contributed by atoms with Gasteiger partial charge in [-0.25, -0.2) is 9.78 Å². The molecule has 0 aliphatic carbocycles. The van der Waals surface area contributed by atoms with Crippen LogP contribution in [0.15, 0.2) is 76.2 Å². The molecule has 1 aliphatic rings. The van der Waals surface area contributed by atoms with Crippen molar-refractivity contribution in [2.45, 2.75) is 43.9 Å². The minimum absolute atomic E-state index is 0.0384. The number of hydrogen-bond donors (Lipinski definition) is 1. The molecule has 0 radical (unpaired) electrons. The second-order valence-electron chi connectivity index (χ2n) is 8.28. The van der Waals surface area contributed by atoms with Gasteiger partial charge in [-0.1, -0.05) is 55.5 Å². The lowest BCUT2D eigenvalue weighted by Crippen LogP contribution is -2.46. The Morgan fingerprint density at radius 3 is 2.58 bits per heavy atom. The fraction of sp³-hybridized carbons (Fsp3) is 0.346. The Morgan fingerprint density at radius 2 is 1.91 bits per heavy atom. The van der Waals surface area contributed by atoms with Crippen LogP contribution >= 0.6 is 0 Å². The predicted molar refractivity (Wildman–Crippen MR) is 125 cm³/mol. The molecule has 0 saturated carbocycles. The Kier molecular flexibility index (Phi) is 6.72. The minimum atomic E-state index is -1.97. The monoisotopic (exact) mass is 448 g/mol. The first kappa shape index (κ1) is 22.9. The normalized spacial score (nSPS) is 20.2. The van der Waals surface area contributed by atoms with Crippen LogP contribution in [0.4, 0.5) is 0 Å². The molecule has 33 heavy (non-hydrogen) atoms. The third-order valence-corrected chi connectivity index (χ3v) is 5.74. The van der Waals surface area contributed by atoms with E-state index in [1.54, 1.807) is 18.3 Å². The van der Waals surface area contributed by atoms with E-state index in [-0.39, 0.29) is 24.6 Å². The lowest BCUT2D eigenvalue weighted by Gasteiger charge is -2.35. The first-order valence-corrected chi connectivity index (χ1v) is 11.1. The van der Waals surface area contributed by atoms with E-state index in [2.05, 4.69) is 9.98 Å². The summed E-state index contributed by atoms with van der Waals surface area (Å²) in [4.78, 5) is 22.0. The molecule has 1 aromatic heterocycles. The molecule has 0 fully saturated rings. The van der Waals surface area contributed by atoms with Crippen molar-refractivity contribution in [3.8, 4) is 0 Å². The topological polar surface area (TPSA) is 94.2 Å². The van der Waals surface area contributed by atoms with Gasteiger partial charge < -0.3 is 19.0 Å². The van der Waals surface area contributed by atoms with Crippen LogP contribution in [0.1, 0.15) is 44.2 Å². The van der Waals surface area contributed by atoms with Crippen LogP contribution in [-0.2, 0) is 19.9 Å². The van der Waals surface area contributed by atoms with Crippen LogP contribution in [0.3, 0.4) is 0 Å². The summed E-state index contributed by atoms with van der Waals surface area (Å²) in [6.07, 6.45) is 5.88. The summed E-state index contributed by atoms with van der Waals surface area (Å²) in [5.41, 5.74) is -0.638. The van der Waals surface area contributed by atoms with Crippen LogP contribution in [-0.4, -0.2) is 41.0 Å². The fourth-order valence-corrected chi connectivity index (χ4v) is 3.92. The number of carboxylic acid groups (broad SMARTS) is 1. The average molecular weight is 449 g/mol. The number of hydrogen-bond acceptors (Lipinski definition) is 6. The Hall–Kier alpha value is -3.29. The van der Waals surface area contributed by atoms with Crippen LogP contribution in [0.5, 0.6) is 0 Å². The third-order valence-electron chi connectivity index (χ3n) is 5.74. The second kappa shape index (κ2) is 9.68. The highest BCUT2D eigenvalue weighted by atomic mass is 16.6. The summed E-state index contributed by atoms with van der Waals surface area (Å²) in [5, 5.41) is 10.6. The largest absolute Gasteiger partial charge is 0.479 e. The number of ether oxygens (including phenoxy) is 2. The van der Waals surface area contributed by atoms with Gasteiger partial charge in [0.15, 0.2) is 5.58 Å². The number of para-hydroxylation sites is 2. The molecular weight excluding hydrogens is 420 g/mol. The first-order valence-electron chi connectivity index (χ1n) is 11.1. The van der Waals surface area contributed by atoms with E-state index >= 15 is 0 Å². The van der Waals surface area contributed by atoms with Gasteiger partial charge in [0.2, 0.25) is 5.89 Å². The van der Waals surface area contributed by atoms with Gasteiger partial charge >= 0.3 is 5.97 Å². The highest BCUT2D eigenvalue weighted by molar-refractivity contribution is 5.81. The molecule has 0 saturated heterocycles. The van der Waals surface area contributed by atoms with Crippen molar-refractivity contribution in [3.63, 3.8) is 0 Å². The third kappa shape index (κ3) is 4.60. The molecule has 0 spiro atoms. The molecule has 2 aromatic carbocycles. The van der Waals surface area contributed by atoms with Crippen molar-refractivity contribution in [2.24, 2.45) is 4.99 Å². The summed E-state index contributed by atoms with van der Waals surface area (Å²) < 4.78 is 18.4. The van der Waals surface area contributed by atoms with E-state index in [0.29, 0.717) is 29.5 Å². The summed E-state index contributed by atoms with van der Waals surface area (Å²) in [6, 6.07) is 16.4. The first-order chi connectivity index (χ1) is 16.0. The van der Waals surface area contributed by atoms with Gasteiger partial charge in [-0.15, -0.1) is 0 Å². The highest BCUT2D eigenvalue weighted by Crippen LogP contribution is 2.43. The Balaban J connectivity index is 1.78. The van der Waals surface area contributed by atoms with E-state index in [0.717, 1.165) is 0 Å². The number of aliphatic carboxylic acids is 1. The Labute approximate surface area is 192 Å². The fourth-order valence-electron chi connectivity index (χ4n) is 3.92. The maximum atomic E-state index is 13.0. The number of carbonyl (C=O) groups is 1. The standard InChI is InChI=1S/C26H28N2O5/c1-3-17-32-26(24(29)30,23-28-20-12-7-8-13-21(20)33-23)22(19-10-5-4-6-11-19)31-18-15-25(2)14-9-16-27-25/h4-14,16,22H,3,15,17-18H2,1-2H3,(H,29,30). The average Bonchev–Trinajstić information content (AvgIpc) is 3.45. The van der Waals surface area contributed by atoms with Crippen LogP contribution < -0.4 is 0 Å². The Morgan fingerprint density at radius 1 is 1.15 bits per heavy atom. The molecule has 1 aliphatic heterocycles. The smallest absolute Gasteiger partial charge is 0.349 e. The van der Waals surface area contributed by atoms with Crippen molar-refractivity contribution in [1.29, 1.82) is 0 Å². The number of nitrogens with zero attached hydrogens (tertiary/aromatic N) is 2. The molecule has 7 nitrogen and oxygen atoms in total. The number of oxazole rings is 1. The summed E-state index contributed by atoms with van der Waals surface area (Å²) in [6.45, 7) is 4.39. The molecule has 1 N–H and O–H groups in total. The van der Waals surface area contributed by atoms with Crippen molar-refractivity contribution in [3.05, 3.63) is 78.2 Å². The van der Waals surface area contributed by atoms with Crippen molar-refractivity contribution in [2.75, 3.05) is 13.2 Å². The van der Waals surface area contributed by atoms with Gasteiger partial charge in [-0.2, -0.15) is 0 Å². The minimum Gasteiger partial charge on any atom is -0.479 e. The van der Waals surface area contributed by atoms with Gasteiger partial charge in [-0.3, -0.25) is 4.99 Å². The molecule has 3 unspecified atom stereocenters. The van der Waals surface area contributed by atoms with Crippen LogP contribution in [0, 0.1) is 0 Å². The van der Waals surface area contributed by atoms with E-state index in [1.165, 1.54) is 0 Å². The second-order valence-corrected chi connectivity index (χ2v) is 8.28. The maximum Gasteiger partial charge on any atom is 0.349 e. The summed E-state index contributed by atoms with van der Waals surface area (Å²) in [7, 11) is 0. The number of rotatable bonds is 11. The number of aromatic nitrogens is 1. The highest BCUT2D eigenvalue weighted by Gasteiger charge is 2.55. The van der Waals surface area contributed by atoms with Gasteiger partial charge in [0.05, 0.1) is 12.1 Å². The van der Waals surface area contributed by atoms with E-state index in [9.17, 15) is 9.90 Å². The summed E-state index contributed by atoms with van der Waals surface area (Å²) in [5.74, 6) is -1.26. The zero-order chi connectivity index (χ0) is 23.3. The van der Waals surface area contributed by atoms with Gasteiger partial charge in [0.25, 0.3) is 5.60 Å². The number of fused-ring (bicyclic) bond motifs is 1.